The monoisotopic (exact) mass is 197 g/mol. The molecule has 0 aliphatic carbocycles. The molecule has 0 aromatic rings. The van der Waals surface area contributed by atoms with Gasteiger partial charge >= 0.3 is 5.97 Å². The van der Waals surface area contributed by atoms with Gasteiger partial charge in [0.15, 0.2) is 0 Å². The highest BCUT2D eigenvalue weighted by atomic mass is 16.4. The lowest BCUT2D eigenvalue weighted by Gasteiger charge is -2.44. The lowest BCUT2D eigenvalue weighted by Crippen LogP contribution is -2.61. The third-order valence-corrected chi connectivity index (χ3v) is 2.82. The van der Waals surface area contributed by atoms with Crippen LogP contribution in [0.1, 0.15) is 13.3 Å². The first-order valence-electron chi connectivity index (χ1n) is 4.48. The molecular formula is C9H11NO4. The molecule has 3 atom stereocenters. The van der Waals surface area contributed by atoms with Gasteiger partial charge in [-0.05, 0) is 13.3 Å². The fourth-order valence-electron chi connectivity index (χ4n) is 2.17. The van der Waals surface area contributed by atoms with Gasteiger partial charge in [0.1, 0.15) is 5.70 Å². The van der Waals surface area contributed by atoms with Crippen molar-refractivity contribution >= 4 is 11.9 Å². The zero-order chi connectivity index (χ0) is 10.5. The minimum atomic E-state index is -1.08. The third-order valence-electron chi connectivity index (χ3n) is 2.82. The highest BCUT2D eigenvalue weighted by molar-refractivity contribution is 5.98. The lowest BCUT2D eigenvalue weighted by molar-refractivity contribution is -0.161. The molecule has 1 saturated heterocycles. The van der Waals surface area contributed by atoms with Crippen LogP contribution >= 0.6 is 0 Å². The van der Waals surface area contributed by atoms with Gasteiger partial charge in [-0.2, -0.15) is 0 Å². The average Bonchev–Trinajstić information content (AvgIpc) is 2.42. The van der Waals surface area contributed by atoms with Gasteiger partial charge in [0.2, 0.25) is 5.91 Å². The van der Waals surface area contributed by atoms with Gasteiger partial charge < -0.3 is 15.1 Å². The summed E-state index contributed by atoms with van der Waals surface area (Å²) in [6, 6.07) is -0.145. The maximum Gasteiger partial charge on any atom is 0.352 e. The second kappa shape index (κ2) is 2.81. The topological polar surface area (TPSA) is 77.8 Å². The molecule has 0 bridgehead atoms. The highest BCUT2D eigenvalue weighted by Gasteiger charge is 2.54. The van der Waals surface area contributed by atoms with Crippen molar-refractivity contribution < 1.29 is 19.8 Å². The van der Waals surface area contributed by atoms with Crippen molar-refractivity contribution in [3.05, 3.63) is 11.8 Å². The molecule has 1 amide bonds. The van der Waals surface area contributed by atoms with Gasteiger partial charge in [0.05, 0.1) is 18.1 Å². The number of carbonyl (C=O) groups excluding carboxylic acids is 1. The molecule has 2 aliphatic heterocycles. The standard InChI is InChI=1S/C9H11NO4/c1-4(11)7-5-2-3-6(9(13)14)10(5)8(7)12/h3-5,7,11H,2H2,1H3,(H,13,14)/t4-,5?,7?/m1/s1. The number of hydrogen-bond acceptors (Lipinski definition) is 3. The summed E-state index contributed by atoms with van der Waals surface area (Å²) in [7, 11) is 0. The Morgan fingerprint density at radius 1 is 1.71 bits per heavy atom. The predicted molar refractivity (Wildman–Crippen MR) is 46.1 cm³/mol. The van der Waals surface area contributed by atoms with E-state index in [0.29, 0.717) is 6.42 Å². The van der Waals surface area contributed by atoms with Crippen LogP contribution in [0, 0.1) is 5.92 Å². The Labute approximate surface area is 80.6 Å². The highest BCUT2D eigenvalue weighted by Crippen LogP contribution is 2.39. The molecule has 76 valence electrons. The molecule has 0 aromatic heterocycles. The Kier molecular flexibility index (Phi) is 1.85. The zero-order valence-electron chi connectivity index (χ0n) is 7.67. The lowest BCUT2D eigenvalue weighted by atomic mass is 9.83. The van der Waals surface area contributed by atoms with Gasteiger partial charge in [-0.15, -0.1) is 0 Å². The van der Waals surface area contributed by atoms with Gasteiger partial charge in [0.25, 0.3) is 0 Å². The number of carboxylic acids is 1. The van der Waals surface area contributed by atoms with Crippen LogP contribution in [-0.2, 0) is 9.59 Å². The third kappa shape index (κ3) is 0.988. The Morgan fingerprint density at radius 3 is 2.86 bits per heavy atom. The van der Waals surface area contributed by atoms with Crippen LogP contribution in [0.2, 0.25) is 0 Å². The molecule has 1 fully saturated rings. The summed E-state index contributed by atoms with van der Waals surface area (Å²) < 4.78 is 0. The number of carboxylic acid groups (broad SMARTS) is 1. The van der Waals surface area contributed by atoms with E-state index < -0.39 is 18.0 Å². The van der Waals surface area contributed by atoms with Gasteiger partial charge in [-0.3, -0.25) is 4.79 Å². The minimum Gasteiger partial charge on any atom is -0.477 e. The Morgan fingerprint density at radius 2 is 2.36 bits per heavy atom. The number of β-lactam (4-membered cyclic amide) rings is 1. The summed E-state index contributed by atoms with van der Waals surface area (Å²) in [5.74, 6) is -1.79. The summed E-state index contributed by atoms with van der Waals surface area (Å²) >= 11 is 0. The number of hydrogen-bond donors (Lipinski definition) is 2. The van der Waals surface area contributed by atoms with E-state index in [0.717, 1.165) is 0 Å². The number of fused-ring (bicyclic) bond motifs is 1. The Bertz CT molecular complexity index is 334. The maximum absolute atomic E-state index is 11.5. The van der Waals surface area contributed by atoms with E-state index in [2.05, 4.69) is 0 Å². The van der Waals surface area contributed by atoms with Crippen LogP contribution in [0.25, 0.3) is 0 Å². The summed E-state index contributed by atoms with van der Waals surface area (Å²) in [4.78, 5) is 23.4. The van der Waals surface area contributed by atoms with Crippen molar-refractivity contribution in [2.75, 3.05) is 0 Å². The Hall–Kier alpha value is -1.36. The normalized spacial score (nSPS) is 32.0. The molecule has 0 radical (unpaired) electrons. The number of carbonyl (C=O) groups is 2. The zero-order valence-corrected chi connectivity index (χ0v) is 7.67. The maximum atomic E-state index is 11.5. The minimum absolute atomic E-state index is 0.0527. The first-order valence-corrected chi connectivity index (χ1v) is 4.48. The van der Waals surface area contributed by atoms with E-state index >= 15 is 0 Å². The van der Waals surface area contributed by atoms with Crippen LogP contribution in [-0.4, -0.2) is 39.1 Å². The van der Waals surface area contributed by atoms with Gasteiger partial charge in [0, 0.05) is 0 Å². The molecular weight excluding hydrogens is 186 g/mol. The van der Waals surface area contributed by atoms with Gasteiger partial charge in [-0.25, -0.2) is 4.79 Å². The summed E-state index contributed by atoms with van der Waals surface area (Å²) in [6.45, 7) is 1.55. The van der Waals surface area contributed by atoms with Crippen LogP contribution in [0.5, 0.6) is 0 Å². The van der Waals surface area contributed by atoms with Crippen molar-refractivity contribution in [1.82, 2.24) is 4.90 Å². The van der Waals surface area contributed by atoms with Crippen molar-refractivity contribution in [2.45, 2.75) is 25.5 Å². The number of amides is 1. The molecule has 2 N–H and O–H groups in total. The van der Waals surface area contributed by atoms with Gasteiger partial charge in [-0.1, -0.05) is 6.08 Å². The average molecular weight is 197 g/mol. The summed E-state index contributed by atoms with van der Waals surface area (Å²) in [5.41, 5.74) is 0.0527. The molecule has 2 unspecified atom stereocenters. The molecule has 5 nitrogen and oxygen atoms in total. The first kappa shape index (κ1) is 9.21. The van der Waals surface area contributed by atoms with Crippen LogP contribution in [0.4, 0.5) is 0 Å². The van der Waals surface area contributed by atoms with E-state index in [-0.39, 0.29) is 17.6 Å². The quantitative estimate of drug-likeness (QED) is 0.588. The van der Waals surface area contributed by atoms with Crippen LogP contribution in [0.3, 0.4) is 0 Å². The number of aliphatic carboxylic acids is 1. The van der Waals surface area contributed by atoms with Crippen molar-refractivity contribution in [1.29, 1.82) is 0 Å². The molecule has 14 heavy (non-hydrogen) atoms. The fourth-order valence-corrected chi connectivity index (χ4v) is 2.17. The Balaban J connectivity index is 2.17. The first-order chi connectivity index (χ1) is 6.54. The van der Waals surface area contributed by atoms with E-state index in [9.17, 15) is 14.7 Å². The number of rotatable bonds is 2. The second-order valence-electron chi connectivity index (χ2n) is 3.67. The number of aliphatic hydroxyl groups is 1. The molecule has 2 aliphatic rings. The van der Waals surface area contributed by atoms with Crippen molar-refractivity contribution in [3.63, 3.8) is 0 Å². The summed E-state index contributed by atoms with van der Waals surface area (Å²) in [5, 5.41) is 18.0. The van der Waals surface area contributed by atoms with Crippen LogP contribution in [0.15, 0.2) is 11.8 Å². The molecule has 0 saturated carbocycles. The molecule has 5 heteroatoms. The van der Waals surface area contributed by atoms with E-state index in [4.69, 9.17) is 5.11 Å². The second-order valence-corrected chi connectivity index (χ2v) is 3.67. The number of aliphatic hydroxyl groups excluding tert-OH is 1. The van der Waals surface area contributed by atoms with Crippen molar-refractivity contribution in [2.24, 2.45) is 5.92 Å². The molecule has 2 rings (SSSR count). The largest absolute Gasteiger partial charge is 0.477 e. The fraction of sp³-hybridized carbons (Fsp3) is 0.556. The summed E-state index contributed by atoms with van der Waals surface area (Å²) in [6.07, 6.45) is 1.36. The van der Waals surface area contributed by atoms with Crippen molar-refractivity contribution in [3.8, 4) is 0 Å². The molecule has 2 heterocycles. The number of nitrogens with zero attached hydrogens (tertiary/aromatic N) is 1. The molecule has 0 aromatic carbocycles. The smallest absolute Gasteiger partial charge is 0.352 e. The predicted octanol–water partition coefficient (Wildman–Crippen LogP) is -0.434. The van der Waals surface area contributed by atoms with E-state index in [1.165, 1.54) is 11.0 Å². The SMILES string of the molecule is C[C@@H](O)C1C(=O)N2C(C(=O)O)=CCC12. The molecule has 0 spiro atoms. The van der Waals surface area contributed by atoms with Crippen LogP contribution < -0.4 is 0 Å². The van der Waals surface area contributed by atoms with E-state index in [1.54, 1.807) is 6.92 Å². The van der Waals surface area contributed by atoms with E-state index in [1.807, 2.05) is 0 Å².